The van der Waals surface area contributed by atoms with Crippen LogP contribution in [0.5, 0.6) is 11.5 Å². The van der Waals surface area contributed by atoms with Crippen LogP contribution < -0.4 is 9.47 Å². The minimum atomic E-state index is -0.438. The van der Waals surface area contributed by atoms with E-state index in [1.807, 2.05) is 35.8 Å². The van der Waals surface area contributed by atoms with Gasteiger partial charge in [-0.05, 0) is 37.3 Å². The van der Waals surface area contributed by atoms with Crippen molar-refractivity contribution in [2.45, 2.75) is 18.6 Å². The van der Waals surface area contributed by atoms with Gasteiger partial charge in [-0.2, -0.15) is 0 Å². The number of rotatable bonds is 9. The topological polar surface area (TPSA) is 92.3 Å². The highest BCUT2D eigenvalue weighted by Gasteiger charge is 2.13. The first-order valence-electron chi connectivity index (χ1n) is 8.70. The van der Waals surface area contributed by atoms with E-state index in [2.05, 4.69) is 10.2 Å². The van der Waals surface area contributed by atoms with Crippen LogP contribution in [0.1, 0.15) is 6.92 Å². The summed E-state index contributed by atoms with van der Waals surface area (Å²) in [7, 11) is 1.63. The number of hydrogen-bond donors (Lipinski definition) is 0. The molecule has 9 heteroatoms. The minimum absolute atomic E-state index is 0.0139. The lowest BCUT2D eigenvalue weighted by atomic mass is 10.2. The van der Waals surface area contributed by atoms with Crippen molar-refractivity contribution < 1.29 is 14.4 Å². The standard InChI is InChI=1S/C19H20N4O4S/c1-3-22-18(14-7-9-16(26-2)10-8-14)20-21-19(22)28-12-11-27-17-6-4-5-15(13-17)23(24)25/h4-10,13H,3,11-12H2,1-2H3. The van der Waals surface area contributed by atoms with Gasteiger partial charge in [-0.25, -0.2) is 0 Å². The third-order valence-corrected chi connectivity index (χ3v) is 4.92. The van der Waals surface area contributed by atoms with Gasteiger partial charge >= 0.3 is 0 Å². The highest BCUT2D eigenvalue weighted by atomic mass is 32.2. The number of nitrogens with zero attached hydrogens (tertiary/aromatic N) is 4. The molecule has 0 unspecified atom stereocenters. The van der Waals surface area contributed by atoms with Crippen LogP contribution >= 0.6 is 11.8 Å². The van der Waals surface area contributed by atoms with Crippen molar-refractivity contribution in [1.29, 1.82) is 0 Å². The van der Waals surface area contributed by atoms with Crippen molar-refractivity contribution in [2.24, 2.45) is 0 Å². The summed E-state index contributed by atoms with van der Waals surface area (Å²) in [5.41, 5.74) is 0.981. The van der Waals surface area contributed by atoms with Crippen molar-refractivity contribution >= 4 is 17.4 Å². The van der Waals surface area contributed by atoms with Crippen molar-refractivity contribution in [1.82, 2.24) is 14.8 Å². The number of nitro groups is 1. The third-order valence-electron chi connectivity index (χ3n) is 3.99. The number of nitro benzene ring substituents is 1. The zero-order valence-corrected chi connectivity index (χ0v) is 16.4. The molecule has 0 aliphatic rings. The number of non-ortho nitro benzene ring substituents is 1. The summed E-state index contributed by atoms with van der Waals surface area (Å²) >= 11 is 1.53. The molecule has 1 aromatic heterocycles. The highest BCUT2D eigenvalue weighted by Crippen LogP contribution is 2.26. The Labute approximate surface area is 166 Å². The molecule has 146 valence electrons. The van der Waals surface area contributed by atoms with Crippen LogP contribution in [0.4, 0.5) is 5.69 Å². The average molecular weight is 400 g/mol. The summed E-state index contributed by atoms with van der Waals surface area (Å²) in [4.78, 5) is 10.4. The van der Waals surface area contributed by atoms with Gasteiger partial charge in [0.25, 0.3) is 5.69 Å². The lowest BCUT2D eigenvalue weighted by Crippen LogP contribution is -2.04. The lowest BCUT2D eigenvalue weighted by Gasteiger charge is -2.08. The smallest absolute Gasteiger partial charge is 0.273 e. The van der Waals surface area contributed by atoms with Crippen LogP contribution in [0.25, 0.3) is 11.4 Å². The van der Waals surface area contributed by atoms with Gasteiger partial charge in [0.15, 0.2) is 11.0 Å². The van der Waals surface area contributed by atoms with Crippen LogP contribution in [-0.4, -0.2) is 39.2 Å². The fraction of sp³-hybridized carbons (Fsp3) is 0.263. The molecule has 0 saturated heterocycles. The van der Waals surface area contributed by atoms with E-state index in [1.165, 1.54) is 23.9 Å². The molecule has 0 N–H and O–H groups in total. The van der Waals surface area contributed by atoms with Gasteiger partial charge in [0.05, 0.1) is 24.7 Å². The lowest BCUT2D eigenvalue weighted by molar-refractivity contribution is -0.384. The maximum atomic E-state index is 10.8. The molecule has 0 radical (unpaired) electrons. The monoisotopic (exact) mass is 400 g/mol. The van der Waals surface area contributed by atoms with Gasteiger partial charge in [0, 0.05) is 23.9 Å². The highest BCUT2D eigenvalue weighted by molar-refractivity contribution is 7.99. The molecule has 3 rings (SSSR count). The summed E-state index contributed by atoms with van der Waals surface area (Å²) < 4.78 is 12.8. The number of benzene rings is 2. The second-order valence-electron chi connectivity index (χ2n) is 5.73. The van der Waals surface area contributed by atoms with Crippen LogP contribution in [0.15, 0.2) is 53.7 Å². The zero-order valence-electron chi connectivity index (χ0n) is 15.6. The second kappa shape index (κ2) is 9.23. The molecule has 0 aliphatic carbocycles. The first-order valence-corrected chi connectivity index (χ1v) is 9.68. The molecule has 1 heterocycles. The largest absolute Gasteiger partial charge is 0.497 e. The molecule has 0 atom stereocenters. The molecule has 2 aromatic carbocycles. The third kappa shape index (κ3) is 4.61. The maximum absolute atomic E-state index is 10.8. The summed E-state index contributed by atoms with van der Waals surface area (Å²) in [6.07, 6.45) is 0. The van der Waals surface area contributed by atoms with E-state index in [4.69, 9.17) is 9.47 Å². The van der Waals surface area contributed by atoms with Crippen LogP contribution in [0.3, 0.4) is 0 Å². The first-order chi connectivity index (χ1) is 13.6. The Morgan fingerprint density at radius 2 is 1.93 bits per heavy atom. The molecule has 8 nitrogen and oxygen atoms in total. The fourth-order valence-electron chi connectivity index (χ4n) is 2.61. The minimum Gasteiger partial charge on any atom is -0.497 e. The summed E-state index contributed by atoms with van der Waals surface area (Å²) in [6.45, 7) is 3.18. The average Bonchev–Trinajstić information content (AvgIpc) is 3.14. The van der Waals surface area contributed by atoms with Crippen molar-refractivity contribution in [3.63, 3.8) is 0 Å². The van der Waals surface area contributed by atoms with Crippen LogP contribution in [-0.2, 0) is 6.54 Å². The summed E-state index contributed by atoms with van der Waals surface area (Å²) in [6, 6.07) is 13.9. The van der Waals surface area contributed by atoms with Crippen molar-refractivity contribution in [2.75, 3.05) is 19.5 Å². The number of methoxy groups -OCH3 is 1. The van der Waals surface area contributed by atoms with Gasteiger partial charge in [0.2, 0.25) is 0 Å². The van der Waals surface area contributed by atoms with Gasteiger partial charge in [0.1, 0.15) is 11.5 Å². The molecular formula is C19H20N4O4S. The first kappa shape index (κ1) is 19.7. The number of thioether (sulfide) groups is 1. The van der Waals surface area contributed by atoms with Gasteiger partial charge < -0.3 is 14.0 Å². The van der Waals surface area contributed by atoms with E-state index in [1.54, 1.807) is 19.2 Å². The van der Waals surface area contributed by atoms with E-state index >= 15 is 0 Å². The van der Waals surface area contributed by atoms with Gasteiger partial charge in [-0.3, -0.25) is 10.1 Å². The number of aromatic nitrogens is 3. The van der Waals surface area contributed by atoms with Crippen molar-refractivity contribution in [3.8, 4) is 22.9 Å². The molecule has 28 heavy (non-hydrogen) atoms. The van der Waals surface area contributed by atoms with E-state index in [0.29, 0.717) is 18.1 Å². The molecule has 3 aromatic rings. The molecule has 0 bridgehead atoms. The van der Waals surface area contributed by atoms with Gasteiger partial charge in [-0.15, -0.1) is 10.2 Å². The predicted octanol–water partition coefficient (Wildman–Crippen LogP) is 4.05. The Morgan fingerprint density at radius 3 is 2.61 bits per heavy atom. The summed E-state index contributed by atoms with van der Waals surface area (Å²) in [5, 5.41) is 20.2. The van der Waals surface area contributed by atoms with E-state index in [9.17, 15) is 10.1 Å². The second-order valence-corrected chi connectivity index (χ2v) is 6.79. The molecule has 0 saturated carbocycles. The van der Waals surface area contributed by atoms with Gasteiger partial charge in [-0.1, -0.05) is 17.8 Å². The quantitative estimate of drug-likeness (QED) is 0.231. The van der Waals surface area contributed by atoms with E-state index in [-0.39, 0.29) is 5.69 Å². The number of hydrogen-bond acceptors (Lipinski definition) is 7. The van der Waals surface area contributed by atoms with Crippen LogP contribution in [0.2, 0.25) is 0 Å². The zero-order chi connectivity index (χ0) is 19.9. The molecule has 0 aliphatic heterocycles. The molecule has 0 amide bonds. The van der Waals surface area contributed by atoms with Crippen LogP contribution in [0, 0.1) is 10.1 Å². The Morgan fingerprint density at radius 1 is 1.14 bits per heavy atom. The fourth-order valence-corrected chi connectivity index (χ4v) is 3.43. The molecule has 0 spiro atoms. The molecule has 0 fully saturated rings. The Bertz CT molecular complexity index is 943. The van der Waals surface area contributed by atoms with E-state index in [0.717, 1.165) is 28.8 Å². The Balaban J connectivity index is 1.61. The maximum Gasteiger partial charge on any atom is 0.273 e. The molecular weight excluding hydrogens is 380 g/mol. The summed E-state index contributed by atoms with van der Waals surface area (Å²) in [5.74, 6) is 2.71. The predicted molar refractivity (Wildman–Crippen MR) is 107 cm³/mol. The number of ether oxygens (including phenoxy) is 2. The normalized spacial score (nSPS) is 10.6. The van der Waals surface area contributed by atoms with Crippen molar-refractivity contribution in [3.05, 3.63) is 58.6 Å². The Kier molecular flexibility index (Phi) is 6.49. The SMILES string of the molecule is CCn1c(SCCOc2cccc([N+](=O)[O-])c2)nnc1-c1ccc(OC)cc1. The van der Waals surface area contributed by atoms with E-state index < -0.39 is 4.92 Å². The Hall–Kier alpha value is -3.07.